The second-order valence-corrected chi connectivity index (χ2v) is 6.88. The van der Waals surface area contributed by atoms with Crippen LogP contribution in [-0.4, -0.2) is 21.7 Å². The highest BCUT2D eigenvalue weighted by atomic mass is 35.5. The Balaban J connectivity index is 1.63. The summed E-state index contributed by atoms with van der Waals surface area (Å²) in [6, 6.07) is 10.7. The molecule has 5 nitrogen and oxygen atoms in total. The Labute approximate surface area is 152 Å². The molecule has 25 heavy (non-hydrogen) atoms. The number of aromatic nitrogens is 2. The van der Waals surface area contributed by atoms with Crippen LogP contribution in [0, 0.1) is 0 Å². The molecule has 1 aliphatic carbocycles. The average Bonchev–Trinajstić information content (AvgIpc) is 2.63. The molecular weight excluding hydrogens is 338 g/mol. The van der Waals surface area contributed by atoms with Gasteiger partial charge in [0.1, 0.15) is 0 Å². The van der Waals surface area contributed by atoms with Gasteiger partial charge in [0.05, 0.1) is 12.2 Å². The van der Waals surface area contributed by atoms with Crippen LogP contribution in [0.4, 0.5) is 0 Å². The Morgan fingerprint density at radius 3 is 2.56 bits per heavy atom. The Morgan fingerprint density at radius 2 is 1.84 bits per heavy atom. The summed E-state index contributed by atoms with van der Waals surface area (Å²) in [5.41, 5.74) is 1.36. The van der Waals surface area contributed by atoms with E-state index < -0.39 is 0 Å². The van der Waals surface area contributed by atoms with E-state index in [1.54, 1.807) is 18.2 Å². The Morgan fingerprint density at radius 1 is 1.12 bits per heavy atom. The van der Waals surface area contributed by atoms with Crippen molar-refractivity contribution in [1.29, 1.82) is 0 Å². The topological polar surface area (TPSA) is 64.0 Å². The van der Waals surface area contributed by atoms with Crippen LogP contribution in [0.2, 0.25) is 5.02 Å². The Hall–Kier alpha value is -2.14. The van der Waals surface area contributed by atoms with E-state index in [0.717, 1.165) is 18.4 Å². The van der Waals surface area contributed by atoms with Crippen molar-refractivity contribution in [2.45, 2.75) is 51.1 Å². The average molecular weight is 360 g/mol. The first kappa shape index (κ1) is 17.7. The van der Waals surface area contributed by atoms with Crippen LogP contribution < -0.4 is 10.9 Å². The smallest absolute Gasteiger partial charge is 0.266 e. The molecule has 0 spiro atoms. The summed E-state index contributed by atoms with van der Waals surface area (Å²) in [6.45, 7) is 0.277. The van der Waals surface area contributed by atoms with E-state index in [1.165, 1.54) is 30.0 Å². The lowest BCUT2D eigenvalue weighted by molar-refractivity contribution is -0.122. The van der Waals surface area contributed by atoms with Crippen LogP contribution >= 0.6 is 11.6 Å². The summed E-state index contributed by atoms with van der Waals surface area (Å²) in [5.74, 6) is -0.0162. The molecule has 6 heteroatoms. The number of hydrogen-bond donors (Lipinski definition) is 1. The number of carbonyl (C=O) groups excluding carboxylic acids is 1. The fourth-order valence-corrected chi connectivity index (χ4v) is 3.26. The lowest BCUT2D eigenvalue weighted by Gasteiger charge is -2.22. The van der Waals surface area contributed by atoms with Crippen LogP contribution in [0.3, 0.4) is 0 Å². The van der Waals surface area contributed by atoms with Crippen molar-refractivity contribution < 1.29 is 4.79 Å². The number of nitrogens with zero attached hydrogens (tertiary/aromatic N) is 2. The summed E-state index contributed by atoms with van der Waals surface area (Å²) >= 11 is 5.90. The molecule has 2 aromatic rings. The summed E-state index contributed by atoms with van der Waals surface area (Å²) in [4.78, 5) is 24.1. The fourth-order valence-electron chi connectivity index (χ4n) is 3.14. The molecule has 3 rings (SSSR count). The molecule has 1 aliphatic rings. The summed E-state index contributed by atoms with van der Waals surface area (Å²) in [5, 5.41) is 8.09. The molecule has 0 radical (unpaired) electrons. The number of hydrogen-bond acceptors (Lipinski definition) is 3. The van der Waals surface area contributed by atoms with Gasteiger partial charge in [0.25, 0.3) is 5.56 Å². The fraction of sp³-hybridized carbons (Fsp3) is 0.421. The minimum Gasteiger partial charge on any atom is -0.353 e. The first-order chi connectivity index (χ1) is 12.1. The van der Waals surface area contributed by atoms with Crippen LogP contribution in [0.15, 0.2) is 41.2 Å². The molecule has 0 bridgehead atoms. The number of carbonyl (C=O) groups is 1. The van der Waals surface area contributed by atoms with E-state index in [1.807, 2.05) is 12.1 Å². The summed E-state index contributed by atoms with van der Waals surface area (Å²) in [7, 11) is 0. The van der Waals surface area contributed by atoms with Crippen molar-refractivity contribution in [3.05, 3.63) is 51.8 Å². The van der Waals surface area contributed by atoms with Crippen molar-refractivity contribution in [2.24, 2.45) is 0 Å². The third-order valence-electron chi connectivity index (χ3n) is 4.53. The number of amides is 1. The third-order valence-corrected chi connectivity index (χ3v) is 4.78. The first-order valence-electron chi connectivity index (χ1n) is 8.75. The minimum absolute atomic E-state index is 0.0162. The van der Waals surface area contributed by atoms with Gasteiger partial charge in [0.2, 0.25) is 5.91 Å². The van der Waals surface area contributed by atoms with Crippen molar-refractivity contribution in [1.82, 2.24) is 15.1 Å². The van der Waals surface area contributed by atoms with E-state index in [9.17, 15) is 9.59 Å². The van der Waals surface area contributed by atoms with E-state index in [2.05, 4.69) is 10.4 Å². The van der Waals surface area contributed by atoms with Crippen molar-refractivity contribution in [3.63, 3.8) is 0 Å². The van der Waals surface area contributed by atoms with E-state index in [0.29, 0.717) is 10.7 Å². The van der Waals surface area contributed by atoms with Crippen LogP contribution in [0.25, 0.3) is 11.3 Å². The van der Waals surface area contributed by atoms with Gasteiger partial charge in [0.15, 0.2) is 0 Å². The highest BCUT2D eigenvalue weighted by Gasteiger charge is 2.15. The SMILES string of the molecule is O=C(CCn1nc(-c2ccc(Cl)cc2)ccc1=O)NC1CCCCC1. The highest BCUT2D eigenvalue weighted by molar-refractivity contribution is 6.30. The van der Waals surface area contributed by atoms with Crippen LogP contribution in [0.1, 0.15) is 38.5 Å². The lowest BCUT2D eigenvalue weighted by atomic mass is 9.95. The van der Waals surface area contributed by atoms with Crippen LogP contribution in [-0.2, 0) is 11.3 Å². The monoisotopic (exact) mass is 359 g/mol. The van der Waals surface area contributed by atoms with Crippen molar-refractivity contribution in [2.75, 3.05) is 0 Å². The van der Waals surface area contributed by atoms with Crippen molar-refractivity contribution >= 4 is 17.5 Å². The van der Waals surface area contributed by atoms with Gasteiger partial charge in [-0.25, -0.2) is 4.68 Å². The van der Waals surface area contributed by atoms with Gasteiger partial charge in [-0.15, -0.1) is 0 Å². The minimum atomic E-state index is -0.205. The maximum absolute atomic E-state index is 12.1. The Kier molecular flexibility index (Phi) is 5.87. The number of aryl methyl sites for hydroxylation is 1. The van der Waals surface area contributed by atoms with Crippen molar-refractivity contribution in [3.8, 4) is 11.3 Å². The third kappa shape index (κ3) is 4.92. The maximum atomic E-state index is 12.1. The normalized spacial score (nSPS) is 15.1. The number of rotatable bonds is 5. The highest BCUT2D eigenvalue weighted by Crippen LogP contribution is 2.19. The largest absolute Gasteiger partial charge is 0.353 e. The molecular formula is C19H22ClN3O2. The van der Waals surface area contributed by atoms with E-state index in [-0.39, 0.29) is 30.5 Å². The number of halogens is 1. The Bertz CT molecular complexity index is 780. The molecule has 1 aromatic heterocycles. The van der Waals surface area contributed by atoms with Gasteiger partial charge < -0.3 is 5.32 Å². The summed E-state index contributed by atoms with van der Waals surface area (Å²) in [6.07, 6.45) is 5.97. The molecule has 1 amide bonds. The molecule has 0 atom stereocenters. The van der Waals surface area contributed by atoms with E-state index in [4.69, 9.17) is 11.6 Å². The maximum Gasteiger partial charge on any atom is 0.266 e. The predicted octanol–water partition coefficient (Wildman–Crippen LogP) is 3.40. The quantitative estimate of drug-likeness (QED) is 0.889. The molecule has 132 valence electrons. The molecule has 1 heterocycles. The number of benzene rings is 1. The zero-order valence-electron chi connectivity index (χ0n) is 14.1. The van der Waals surface area contributed by atoms with Gasteiger partial charge in [-0.1, -0.05) is 43.0 Å². The molecule has 1 saturated carbocycles. The van der Waals surface area contributed by atoms with Gasteiger partial charge in [-0.2, -0.15) is 5.10 Å². The first-order valence-corrected chi connectivity index (χ1v) is 9.13. The van der Waals surface area contributed by atoms with Gasteiger partial charge in [0, 0.05) is 29.1 Å². The van der Waals surface area contributed by atoms with Gasteiger partial charge in [-0.05, 0) is 31.0 Å². The molecule has 0 aliphatic heterocycles. The molecule has 1 N–H and O–H groups in total. The summed E-state index contributed by atoms with van der Waals surface area (Å²) < 4.78 is 1.35. The molecule has 0 saturated heterocycles. The van der Waals surface area contributed by atoms with Crippen LogP contribution in [0.5, 0.6) is 0 Å². The molecule has 1 aromatic carbocycles. The van der Waals surface area contributed by atoms with E-state index >= 15 is 0 Å². The lowest BCUT2D eigenvalue weighted by Crippen LogP contribution is -2.37. The standard InChI is InChI=1S/C19H22ClN3O2/c20-15-8-6-14(7-9-15)17-10-11-19(25)23(22-17)13-12-18(24)21-16-4-2-1-3-5-16/h6-11,16H,1-5,12-13H2,(H,21,24). The predicted molar refractivity (Wildman–Crippen MR) is 98.6 cm³/mol. The molecule has 1 fully saturated rings. The van der Waals surface area contributed by atoms with Gasteiger partial charge in [-0.3, -0.25) is 9.59 Å². The zero-order chi connectivity index (χ0) is 17.6. The second-order valence-electron chi connectivity index (χ2n) is 6.44. The second kappa shape index (κ2) is 8.30. The van der Waals surface area contributed by atoms with Gasteiger partial charge >= 0.3 is 0 Å². The zero-order valence-corrected chi connectivity index (χ0v) is 14.8. The number of nitrogens with one attached hydrogen (secondary N) is 1. The molecule has 0 unspecified atom stereocenters.